The smallest absolute Gasteiger partial charge is 0.251 e. The maximum absolute atomic E-state index is 12.5. The number of hydrogen-bond acceptors (Lipinski definition) is 3. The Hall–Kier alpha value is -0.0200. The lowest BCUT2D eigenvalue weighted by atomic mass is 10.3. The van der Waals surface area contributed by atoms with Gasteiger partial charge in [0.2, 0.25) is 0 Å². The van der Waals surface area contributed by atoms with Gasteiger partial charge in [-0.1, -0.05) is 0 Å². The number of aromatic nitrogens is 1. The van der Waals surface area contributed by atoms with Gasteiger partial charge in [0.05, 0.1) is 0 Å². The molecule has 0 aliphatic rings. The molecule has 0 atom stereocenters. The van der Waals surface area contributed by atoms with Crippen molar-refractivity contribution in [3.8, 4) is 0 Å². The van der Waals surface area contributed by atoms with Crippen molar-refractivity contribution in [2.75, 3.05) is 0 Å². The van der Waals surface area contributed by atoms with Crippen LogP contribution in [0.3, 0.4) is 0 Å². The molecule has 1 rings (SSSR count). The Bertz CT molecular complexity index is 492. The van der Waals surface area contributed by atoms with Gasteiger partial charge in [-0.05, 0) is 35.6 Å². The fourth-order valence-electron chi connectivity index (χ4n) is 1.03. The average Bonchev–Trinajstić information content (AvgIpc) is 1.99. The molecule has 3 nitrogen and oxygen atoms in total. The first kappa shape index (κ1) is 13.0. The number of rotatable bonds is 2. The molecule has 0 unspecified atom stereocenters. The van der Waals surface area contributed by atoms with E-state index in [1.165, 1.54) is 13.0 Å². The highest BCUT2D eigenvalue weighted by atomic mass is 127. The van der Waals surface area contributed by atoms with E-state index in [4.69, 9.17) is 10.7 Å². The second-order valence-electron chi connectivity index (χ2n) is 2.70. The maximum atomic E-state index is 12.5. The van der Waals surface area contributed by atoms with Crippen LogP contribution in [-0.4, -0.2) is 13.4 Å². The molecule has 0 aliphatic carbocycles. The van der Waals surface area contributed by atoms with Crippen LogP contribution < -0.4 is 0 Å². The van der Waals surface area contributed by atoms with Crippen LogP contribution in [-0.2, 0) is 9.05 Å². The third-order valence-electron chi connectivity index (χ3n) is 1.53. The summed E-state index contributed by atoms with van der Waals surface area (Å²) in [6.07, 6.45) is -2.97. The summed E-state index contributed by atoms with van der Waals surface area (Å²) in [5.41, 5.74) is -0.479. The molecule has 0 radical (unpaired) electrons. The van der Waals surface area contributed by atoms with E-state index in [1.54, 1.807) is 22.6 Å². The molecule has 0 aromatic carbocycles. The van der Waals surface area contributed by atoms with Crippen LogP contribution >= 0.6 is 33.3 Å². The van der Waals surface area contributed by atoms with Gasteiger partial charge in [0, 0.05) is 19.9 Å². The van der Waals surface area contributed by atoms with Crippen molar-refractivity contribution < 1.29 is 17.2 Å². The lowest BCUT2D eigenvalue weighted by Gasteiger charge is -2.08. The molecule has 8 heteroatoms. The minimum atomic E-state index is -4.20. The van der Waals surface area contributed by atoms with Crippen LogP contribution in [0.2, 0.25) is 0 Å². The van der Waals surface area contributed by atoms with Gasteiger partial charge >= 0.3 is 0 Å². The Balaban J connectivity index is 3.62. The van der Waals surface area contributed by atoms with Gasteiger partial charge < -0.3 is 0 Å². The highest BCUT2D eigenvalue weighted by Crippen LogP contribution is 2.31. The van der Waals surface area contributed by atoms with Gasteiger partial charge in [-0.3, -0.25) is 4.98 Å². The standard InChI is InChI=1S/C7H5ClF2INO2S/c1-3-2-4(11)6(15(8,13)14)5(12-3)7(9)10/h2,7H,1H3. The summed E-state index contributed by atoms with van der Waals surface area (Å²) in [4.78, 5) is 2.88. The highest BCUT2D eigenvalue weighted by molar-refractivity contribution is 14.1. The SMILES string of the molecule is Cc1cc(I)c(S(=O)(=O)Cl)c(C(F)F)n1. The number of nitrogens with zero attached hydrogens (tertiary/aromatic N) is 1. The second-order valence-corrected chi connectivity index (χ2v) is 6.36. The molecule has 0 bridgehead atoms. The first-order valence-corrected chi connectivity index (χ1v) is 7.02. The summed E-state index contributed by atoms with van der Waals surface area (Å²) in [6, 6.07) is 1.38. The van der Waals surface area contributed by atoms with Gasteiger partial charge in [-0.2, -0.15) is 0 Å². The monoisotopic (exact) mass is 367 g/mol. The van der Waals surface area contributed by atoms with E-state index >= 15 is 0 Å². The largest absolute Gasteiger partial charge is 0.281 e. The third kappa shape index (κ3) is 2.97. The van der Waals surface area contributed by atoms with Gasteiger partial charge in [-0.15, -0.1) is 0 Å². The Morgan fingerprint density at radius 2 is 2.07 bits per heavy atom. The van der Waals surface area contributed by atoms with Crippen molar-refractivity contribution in [1.29, 1.82) is 0 Å². The quantitative estimate of drug-likeness (QED) is 0.596. The topological polar surface area (TPSA) is 47.0 Å². The third-order valence-corrected chi connectivity index (χ3v) is 4.13. The molecule has 0 N–H and O–H groups in total. The molecule has 15 heavy (non-hydrogen) atoms. The Morgan fingerprint density at radius 3 is 2.47 bits per heavy atom. The van der Waals surface area contributed by atoms with E-state index in [1.807, 2.05) is 0 Å². The van der Waals surface area contributed by atoms with Crippen molar-refractivity contribution in [3.05, 3.63) is 21.0 Å². The summed E-state index contributed by atoms with van der Waals surface area (Å²) in [7, 11) is 0.856. The molecular formula is C7H5ClF2INO2S. The molecule has 0 saturated heterocycles. The highest BCUT2D eigenvalue weighted by Gasteiger charge is 2.26. The summed E-state index contributed by atoms with van der Waals surface area (Å²) in [6.45, 7) is 1.50. The van der Waals surface area contributed by atoms with E-state index in [0.717, 1.165) is 0 Å². The molecule has 0 saturated carbocycles. The fraction of sp³-hybridized carbons (Fsp3) is 0.286. The Labute approximate surface area is 103 Å². The van der Waals surface area contributed by atoms with Crippen molar-refractivity contribution >= 4 is 42.3 Å². The molecule has 1 aromatic heterocycles. The average molecular weight is 368 g/mol. The lowest BCUT2D eigenvalue weighted by Crippen LogP contribution is -2.06. The van der Waals surface area contributed by atoms with Crippen molar-refractivity contribution in [2.45, 2.75) is 18.2 Å². The van der Waals surface area contributed by atoms with E-state index < -0.39 is 26.1 Å². The van der Waals surface area contributed by atoms with Crippen LogP contribution in [0, 0.1) is 10.5 Å². The maximum Gasteiger partial charge on any atom is 0.281 e. The number of pyridine rings is 1. The van der Waals surface area contributed by atoms with Gasteiger partial charge in [0.25, 0.3) is 15.5 Å². The van der Waals surface area contributed by atoms with E-state index in [0.29, 0.717) is 5.69 Å². The molecular weight excluding hydrogens is 363 g/mol. The Kier molecular flexibility index (Phi) is 3.88. The van der Waals surface area contributed by atoms with Crippen molar-refractivity contribution in [3.63, 3.8) is 0 Å². The van der Waals surface area contributed by atoms with E-state index in [2.05, 4.69) is 4.98 Å². The number of hydrogen-bond donors (Lipinski definition) is 0. The zero-order valence-electron chi connectivity index (χ0n) is 7.34. The number of halogens is 4. The van der Waals surface area contributed by atoms with Crippen LogP contribution in [0.15, 0.2) is 11.0 Å². The summed E-state index contributed by atoms with van der Waals surface area (Å²) >= 11 is 1.63. The van der Waals surface area contributed by atoms with Crippen LogP contribution in [0.25, 0.3) is 0 Å². The molecule has 0 amide bonds. The molecule has 0 spiro atoms. The number of alkyl halides is 2. The van der Waals surface area contributed by atoms with E-state index in [-0.39, 0.29) is 3.57 Å². The number of aryl methyl sites for hydroxylation is 1. The summed E-state index contributed by atoms with van der Waals surface area (Å²) < 4.78 is 47.4. The molecule has 1 aromatic rings. The molecule has 84 valence electrons. The molecule has 1 heterocycles. The zero-order chi connectivity index (χ0) is 11.8. The minimum absolute atomic E-state index is 0.144. The van der Waals surface area contributed by atoms with Crippen molar-refractivity contribution in [2.24, 2.45) is 0 Å². The van der Waals surface area contributed by atoms with Gasteiger partial charge in [0.15, 0.2) is 0 Å². The van der Waals surface area contributed by atoms with Gasteiger partial charge in [0.1, 0.15) is 10.6 Å². The first-order chi connectivity index (χ1) is 6.73. The van der Waals surface area contributed by atoms with Crippen LogP contribution in [0.4, 0.5) is 8.78 Å². The zero-order valence-corrected chi connectivity index (χ0v) is 11.1. The summed E-state index contributed by atoms with van der Waals surface area (Å²) in [5, 5.41) is 0. The minimum Gasteiger partial charge on any atom is -0.251 e. The fourth-order valence-corrected chi connectivity index (χ4v) is 4.18. The predicted molar refractivity (Wildman–Crippen MR) is 59.7 cm³/mol. The van der Waals surface area contributed by atoms with Crippen molar-refractivity contribution in [1.82, 2.24) is 4.98 Å². The summed E-state index contributed by atoms with van der Waals surface area (Å²) in [5.74, 6) is 0. The normalized spacial score (nSPS) is 12.1. The first-order valence-electron chi connectivity index (χ1n) is 3.63. The second kappa shape index (κ2) is 4.46. The molecule has 0 fully saturated rings. The lowest BCUT2D eigenvalue weighted by molar-refractivity contribution is 0.142. The van der Waals surface area contributed by atoms with Crippen LogP contribution in [0.5, 0.6) is 0 Å². The predicted octanol–water partition coefficient (Wildman–Crippen LogP) is 2.86. The Morgan fingerprint density at radius 1 is 1.53 bits per heavy atom. The van der Waals surface area contributed by atoms with Gasteiger partial charge in [-0.25, -0.2) is 17.2 Å². The molecule has 0 aliphatic heterocycles. The van der Waals surface area contributed by atoms with Crippen LogP contribution in [0.1, 0.15) is 17.8 Å². The van der Waals surface area contributed by atoms with E-state index in [9.17, 15) is 17.2 Å².